The van der Waals surface area contributed by atoms with Gasteiger partial charge in [-0.2, -0.15) is 0 Å². The Bertz CT molecular complexity index is 1290. The number of hydrogen-bond acceptors (Lipinski definition) is 10. The van der Waals surface area contributed by atoms with Crippen molar-refractivity contribution in [3.05, 3.63) is 63.8 Å². The van der Waals surface area contributed by atoms with Crippen LogP contribution in [0.15, 0.2) is 52.1 Å². The van der Waals surface area contributed by atoms with Crippen LogP contribution in [0.4, 0.5) is 5.13 Å². The van der Waals surface area contributed by atoms with Gasteiger partial charge in [-0.3, -0.25) is 14.5 Å². The maximum atomic E-state index is 12.9. The van der Waals surface area contributed by atoms with Gasteiger partial charge in [0.1, 0.15) is 36.5 Å². The number of esters is 1. The summed E-state index contributed by atoms with van der Waals surface area (Å²) < 4.78 is 5.47. The highest BCUT2D eigenvalue weighted by molar-refractivity contribution is 8.00. The lowest BCUT2D eigenvalue weighted by molar-refractivity contribution is -0.152. The minimum absolute atomic E-state index is 0.0939. The number of nitrogen functional groups attached to an aromatic ring is 1. The molecular weight excluding hydrogens is 502 g/mol. The number of oxime groups is 1. The number of carbonyl (C=O) groups is 3. The van der Waals surface area contributed by atoms with Gasteiger partial charge in [0, 0.05) is 11.1 Å². The number of fused-ring (bicyclic) bond motifs is 1. The summed E-state index contributed by atoms with van der Waals surface area (Å²) in [5.41, 5.74) is 9.00. The molecule has 1 unspecified atom stereocenters. The van der Waals surface area contributed by atoms with E-state index in [1.54, 1.807) is 11.5 Å². The van der Waals surface area contributed by atoms with E-state index in [4.69, 9.17) is 15.3 Å². The first kappa shape index (κ1) is 25.5. The molecule has 12 heteroatoms. The molecule has 1 fully saturated rings. The van der Waals surface area contributed by atoms with Gasteiger partial charge < -0.3 is 20.6 Å². The van der Waals surface area contributed by atoms with Gasteiger partial charge in [-0.05, 0) is 31.1 Å². The first-order valence-electron chi connectivity index (χ1n) is 11.0. The molecule has 0 aliphatic carbocycles. The number of nitrogens with zero attached hydrogens (tertiary/aromatic N) is 3. The molecule has 0 saturated carbocycles. The smallest absolute Gasteiger partial charge is 0.355 e. The third-order valence-corrected chi connectivity index (χ3v) is 7.25. The van der Waals surface area contributed by atoms with Gasteiger partial charge in [-0.25, -0.2) is 9.78 Å². The first-order chi connectivity index (χ1) is 17.3. The molecule has 4 rings (SSSR count). The van der Waals surface area contributed by atoms with Crippen molar-refractivity contribution in [2.45, 2.75) is 25.3 Å². The average molecular weight is 528 g/mol. The van der Waals surface area contributed by atoms with E-state index in [1.807, 2.05) is 44.2 Å². The van der Waals surface area contributed by atoms with Gasteiger partial charge in [-0.15, -0.1) is 23.1 Å². The van der Waals surface area contributed by atoms with Crippen LogP contribution < -0.4 is 11.1 Å². The van der Waals surface area contributed by atoms with Crippen LogP contribution in [0.1, 0.15) is 23.7 Å². The highest BCUT2D eigenvalue weighted by Gasteiger charge is 2.53. The van der Waals surface area contributed by atoms with Crippen LogP contribution in [-0.4, -0.2) is 64.3 Å². The molecule has 2 atom stereocenters. The maximum Gasteiger partial charge on any atom is 0.355 e. The number of β-lactam (4-membered cyclic amide) rings is 1. The number of hydrogen-bond donors (Lipinski definition) is 2. The number of amides is 2. The van der Waals surface area contributed by atoms with Crippen molar-refractivity contribution in [2.24, 2.45) is 5.16 Å². The van der Waals surface area contributed by atoms with E-state index in [0.717, 1.165) is 28.0 Å². The van der Waals surface area contributed by atoms with E-state index in [1.165, 1.54) is 23.8 Å². The van der Waals surface area contributed by atoms with E-state index in [0.29, 0.717) is 5.75 Å². The summed E-state index contributed by atoms with van der Waals surface area (Å²) in [6, 6.07) is 7.15. The predicted octanol–water partition coefficient (Wildman–Crippen LogP) is 2.31. The van der Waals surface area contributed by atoms with Gasteiger partial charge in [-0.1, -0.05) is 41.1 Å². The third-order valence-electron chi connectivity index (χ3n) is 5.39. The molecule has 0 bridgehead atoms. The minimum Gasteiger partial charge on any atom is -0.457 e. The third kappa shape index (κ3) is 5.44. The van der Waals surface area contributed by atoms with Crippen molar-refractivity contribution < 1.29 is 24.0 Å². The lowest BCUT2D eigenvalue weighted by Crippen LogP contribution is -2.70. The zero-order valence-electron chi connectivity index (χ0n) is 19.9. The van der Waals surface area contributed by atoms with Crippen molar-refractivity contribution in [3.8, 4) is 0 Å². The Morgan fingerprint density at radius 1 is 1.39 bits per heavy atom. The van der Waals surface area contributed by atoms with Crippen molar-refractivity contribution in [1.29, 1.82) is 0 Å². The highest BCUT2D eigenvalue weighted by Crippen LogP contribution is 2.38. The zero-order chi connectivity index (χ0) is 25.8. The molecule has 2 amide bonds. The number of aryl methyl sites for hydroxylation is 1. The van der Waals surface area contributed by atoms with Crippen LogP contribution >= 0.6 is 23.1 Å². The Morgan fingerprint density at radius 2 is 2.19 bits per heavy atom. The molecule has 2 aliphatic rings. The number of nitrogens with one attached hydrogen (secondary N) is 1. The minimum atomic E-state index is -0.833. The molecule has 188 valence electrons. The second kappa shape index (κ2) is 11.0. The van der Waals surface area contributed by atoms with Gasteiger partial charge in [0.25, 0.3) is 11.8 Å². The average Bonchev–Trinajstić information content (AvgIpc) is 3.29. The number of nitrogens with two attached hydrogens (primary N) is 1. The topological polar surface area (TPSA) is 136 Å². The summed E-state index contributed by atoms with van der Waals surface area (Å²) in [6.45, 7) is 3.98. The van der Waals surface area contributed by atoms with Crippen molar-refractivity contribution >= 4 is 57.8 Å². The molecule has 1 aromatic heterocycles. The fourth-order valence-corrected chi connectivity index (χ4v) is 5.51. The Kier molecular flexibility index (Phi) is 7.75. The monoisotopic (exact) mass is 527 g/mol. The van der Waals surface area contributed by atoms with Crippen molar-refractivity contribution in [2.75, 3.05) is 25.2 Å². The molecule has 1 saturated heterocycles. The van der Waals surface area contributed by atoms with E-state index in [-0.39, 0.29) is 28.8 Å². The zero-order valence-corrected chi connectivity index (χ0v) is 21.5. The van der Waals surface area contributed by atoms with Crippen molar-refractivity contribution in [1.82, 2.24) is 15.2 Å². The van der Waals surface area contributed by atoms with Gasteiger partial charge in [0.2, 0.25) is 0 Å². The molecule has 1 aromatic carbocycles. The second-order valence-corrected chi connectivity index (χ2v) is 10.2. The largest absolute Gasteiger partial charge is 0.457 e. The van der Waals surface area contributed by atoms with E-state index < -0.39 is 29.2 Å². The highest BCUT2D eigenvalue weighted by atomic mass is 32.2. The molecule has 3 N–H and O–H groups in total. The van der Waals surface area contributed by atoms with E-state index in [2.05, 4.69) is 15.5 Å². The lowest BCUT2D eigenvalue weighted by atomic mass is 10.0. The maximum absolute atomic E-state index is 12.9. The molecule has 3 heterocycles. The number of anilines is 1. The SMILES string of the molecule is CON=C(C(=O)NC1C(=O)N2C(C(=O)OCC(C)=Cc3cccc(C)c3)=CCS[C@@H]12)c1csc(N)n1. The van der Waals surface area contributed by atoms with Crippen LogP contribution in [0.3, 0.4) is 0 Å². The summed E-state index contributed by atoms with van der Waals surface area (Å²) in [5.74, 6) is -1.14. The van der Waals surface area contributed by atoms with Crippen molar-refractivity contribution in [3.63, 3.8) is 0 Å². The van der Waals surface area contributed by atoms with Gasteiger partial charge in [0.05, 0.1) is 0 Å². The molecule has 2 aromatic rings. The number of rotatable bonds is 8. The summed E-state index contributed by atoms with van der Waals surface area (Å²) in [7, 11) is 1.30. The molecule has 2 aliphatic heterocycles. The Morgan fingerprint density at radius 3 is 2.89 bits per heavy atom. The quantitative estimate of drug-likeness (QED) is 0.231. The normalized spacial score (nSPS) is 19.7. The number of aromatic nitrogens is 1. The van der Waals surface area contributed by atoms with E-state index >= 15 is 0 Å². The lowest BCUT2D eigenvalue weighted by Gasteiger charge is -2.48. The van der Waals surface area contributed by atoms with Gasteiger partial charge >= 0.3 is 5.97 Å². The molecule has 10 nitrogen and oxygen atoms in total. The molecular formula is C24H25N5O5S2. The standard InChI is InChI=1S/C24H25N5O5S2/c1-13-5-4-6-15(9-13)10-14(2)11-34-23(32)17-7-8-35-22-19(21(31)29(17)22)27-20(30)18(28-33-3)16-12-36-24(25)26-16/h4-7,9-10,12,19,22H,8,11H2,1-3H3,(H2,25,26)(H,27,30)/t19?,22-/m0/s1. The fraction of sp³-hybridized carbons (Fsp3) is 0.292. The van der Waals surface area contributed by atoms with Crippen LogP contribution in [-0.2, 0) is 24.0 Å². The Balaban J connectivity index is 1.38. The Labute approximate surface area is 216 Å². The molecule has 0 radical (unpaired) electrons. The fourth-order valence-electron chi connectivity index (χ4n) is 3.77. The Hall–Kier alpha value is -3.64. The number of carbonyl (C=O) groups excluding carboxylic acids is 3. The first-order valence-corrected chi connectivity index (χ1v) is 12.9. The molecule has 0 spiro atoms. The van der Waals surface area contributed by atoms with Crippen LogP contribution in [0.5, 0.6) is 0 Å². The second-order valence-electron chi connectivity index (χ2n) is 8.15. The summed E-state index contributed by atoms with van der Waals surface area (Å²) in [4.78, 5) is 48.7. The van der Waals surface area contributed by atoms with Crippen LogP contribution in [0, 0.1) is 6.92 Å². The van der Waals surface area contributed by atoms with Crippen LogP contribution in [0.2, 0.25) is 0 Å². The summed E-state index contributed by atoms with van der Waals surface area (Å²) >= 11 is 2.58. The number of ether oxygens (including phenoxy) is 1. The number of thioether (sulfide) groups is 1. The van der Waals surface area contributed by atoms with Gasteiger partial charge in [0.15, 0.2) is 10.8 Å². The number of benzene rings is 1. The number of thiazole rings is 1. The summed E-state index contributed by atoms with van der Waals surface area (Å²) in [6.07, 6.45) is 3.61. The predicted molar refractivity (Wildman–Crippen MR) is 139 cm³/mol. The van der Waals surface area contributed by atoms with Crippen LogP contribution in [0.25, 0.3) is 6.08 Å². The van der Waals surface area contributed by atoms with E-state index in [9.17, 15) is 14.4 Å². The molecule has 36 heavy (non-hydrogen) atoms. The summed E-state index contributed by atoms with van der Waals surface area (Å²) in [5, 5.41) is 7.81.